The number of alkyl halides is 1. The predicted molar refractivity (Wildman–Crippen MR) is 94.6 cm³/mol. The highest BCUT2D eigenvalue weighted by Gasteiger charge is 2.02. The van der Waals surface area contributed by atoms with E-state index in [2.05, 4.69) is 32.8 Å². The highest BCUT2D eigenvalue weighted by Crippen LogP contribution is 2.19. The minimum absolute atomic E-state index is 0.767. The van der Waals surface area contributed by atoms with Crippen LogP contribution in [-0.2, 0) is 6.42 Å². The van der Waals surface area contributed by atoms with Crippen LogP contribution in [0, 0.1) is 0 Å². The zero-order valence-corrected chi connectivity index (χ0v) is 14.7. The lowest BCUT2D eigenvalue weighted by molar-refractivity contribution is 0.306. The number of benzene rings is 1. The third kappa shape index (κ3) is 5.41. The van der Waals surface area contributed by atoms with Gasteiger partial charge >= 0.3 is 0 Å². The lowest BCUT2D eigenvalue weighted by Gasteiger charge is -2.07. The predicted octanol–water partition coefficient (Wildman–Crippen LogP) is 5.04. The first-order valence-corrected chi connectivity index (χ1v) is 9.05. The summed E-state index contributed by atoms with van der Waals surface area (Å²) >= 11 is 3.44. The molecule has 0 aliphatic rings. The van der Waals surface area contributed by atoms with Gasteiger partial charge in [0.2, 0.25) is 0 Å². The summed E-state index contributed by atoms with van der Waals surface area (Å²) in [6.07, 6.45) is 9.47. The van der Waals surface area contributed by atoms with Gasteiger partial charge in [-0.1, -0.05) is 29.3 Å². The Labute approximate surface area is 141 Å². The third-order valence-electron chi connectivity index (χ3n) is 3.40. The summed E-state index contributed by atoms with van der Waals surface area (Å²) in [5, 5.41) is 1.07. The fourth-order valence-electron chi connectivity index (χ4n) is 2.19. The maximum atomic E-state index is 5.74. The van der Waals surface area contributed by atoms with Crippen LogP contribution < -0.4 is 4.74 Å². The molecule has 22 heavy (non-hydrogen) atoms. The first-order valence-electron chi connectivity index (χ1n) is 7.93. The van der Waals surface area contributed by atoms with E-state index in [1.54, 1.807) is 0 Å². The lowest BCUT2D eigenvalue weighted by Crippen LogP contribution is -1.97. The largest absolute Gasteiger partial charge is 0.494 e. The van der Waals surface area contributed by atoms with Crippen molar-refractivity contribution in [3.05, 3.63) is 42.2 Å². The molecule has 0 spiro atoms. The Bertz CT molecular complexity index is 540. The molecular weight excluding hydrogens is 340 g/mol. The molecule has 0 amide bonds. The topological polar surface area (TPSA) is 35.0 Å². The molecule has 1 aromatic carbocycles. The van der Waals surface area contributed by atoms with Crippen LogP contribution in [0.5, 0.6) is 5.75 Å². The van der Waals surface area contributed by atoms with Gasteiger partial charge in [-0.2, -0.15) is 0 Å². The molecule has 3 nitrogen and oxygen atoms in total. The highest BCUT2D eigenvalue weighted by atomic mass is 79.9. The summed E-state index contributed by atoms with van der Waals surface area (Å²) in [6.45, 7) is 2.93. The van der Waals surface area contributed by atoms with Crippen LogP contribution in [0.4, 0.5) is 0 Å². The molecule has 0 fully saturated rings. The van der Waals surface area contributed by atoms with E-state index in [9.17, 15) is 0 Å². The van der Waals surface area contributed by atoms with E-state index in [4.69, 9.17) is 4.74 Å². The molecule has 0 N–H and O–H groups in total. The van der Waals surface area contributed by atoms with Gasteiger partial charge in [-0.05, 0) is 55.5 Å². The number of aromatic nitrogens is 2. The van der Waals surface area contributed by atoms with Crippen molar-refractivity contribution in [2.75, 3.05) is 11.9 Å². The number of ether oxygens (including phenoxy) is 1. The molecule has 1 aromatic heterocycles. The zero-order chi connectivity index (χ0) is 15.6. The molecule has 2 rings (SSSR count). The van der Waals surface area contributed by atoms with E-state index in [0.717, 1.165) is 48.3 Å². The van der Waals surface area contributed by atoms with Crippen LogP contribution >= 0.6 is 15.9 Å². The van der Waals surface area contributed by atoms with E-state index >= 15 is 0 Å². The summed E-state index contributed by atoms with van der Waals surface area (Å²) in [5.41, 5.74) is 2.21. The third-order valence-corrected chi connectivity index (χ3v) is 3.96. The Kier molecular flexibility index (Phi) is 7.37. The smallest absolute Gasteiger partial charge is 0.159 e. The monoisotopic (exact) mass is 362 g/mol. The van der Waals surface area contributed by atoms with Crippen LogP contribution in [-0.4, -0.2) is 21.9 Å². The van der Waals surface area contributed by atoms with Crippen LogP contribution in [0.2, 0.25) is 0 Å². The van der Waals surface area contributed by atoms with Crippen molar-refractivity contribution < 1.29 is 4.74 Å². The summed E-state index contributed by atoms with van der Waals surface area (Å²) in [6, 6.07) is 8.01. The van der Waals surface area contributed by atoms with Gasteiger partial charge in [0, 0.05) is 23.3 Å². The average Bonchev–Trinajstić information content (AvgIpc) is 2.56. The van der Waals surface area contributed by atoms with E-state index in [1.165, 1.54) is 18.4 Å². The van der Waals surface area contributed by atoms with Gasteiger partial charge in [-0.25, -0.2) is 9.97 Å². The molecule has 0 atom stereocenters. The number of halogens is 1. The van der Waals surface area contributed by atoms with Gasteiger partial charge in [0.15, 0.2) is 5.82 Å². The second kappa shape index (κ2) is 9.57. The van der Waals surface area contributed by atoms with Gasteiger partial charge in [-0.3, -0.25) is 0 Å². The molecular formula is C18H23BrN2O. The van der Waals surface area contributed by atoms with Gasteiger partial charge < -0.3 is 4.74 Å². The second-order valence-corrected chi connectivity index (χ2v) is 6.08. The average molecular weight is 363 g/mol. The SMILES string of the molecule is CCCc1cnc(-c2ccc(OCCCCCBr)cc2)nc1. The van der Waals surface area contributed by atoms with Crippen molar-refractivity contribution in [3.63, 3.8) is 0 Å². The first kappa shape index (κ1) is 16.9. The van der Waals surface area contributed by atoms with Crippen molar-refractivity contribution in [1.29, 1.82) is 0 Å². The van der Waals surface area contributed by atoms with Gasteiger partial charge in [0.05, 0.1) is 6.61 Å². The molecule has 0 aliphatic heterocycles. The van der Waals surface area contributed by atoms with Crippen molar-refractivity contribution in [1.82, 2.24) is 9.97 Å². The highest BCUT2D eigenvalue weighted by molar-refractivity contribution is 9.09. The molecule has 0 aliphatic carbocycles. The van der Waals surface area contributed by atoms with Gasteiger partial charge in [-0.15, -0.1) is 0 Å². The zero-order valence-electron chi connectivity index (χ0n) is 13.1. The minimum Gasteiger partial charge on any atom is -0.494 e. The molecule has 0 saturated carbocycles. The number of rotatable bonds is 9. The molecule has 2 aromatic rings. The quantitative estimate of drug-likeness (QED) is 0.462. The maximum absolute atomic E-state index is 5.74. The van der Waals surface area contributed by atoms with Crippen molar-refractivity contribution in [2.24, 2.45) is 0 Å². The molecule has 0 radical (unpaired) electrons. The maximum Gasteiger partial charge on any atom is 0.159 e. The van der Waals surface area contributed by atoms with Crippen LogP contribution in [0.1, 0.15) is 38.2 Å². The Balaban J connectivity index is 1.88. The fraction of sp³-hybridized carbons (Fsp3) is 0.444. The van der Waals surface area contributed by atoms with Crippen molar-refractivity contribution in [3.8, 4) is 17.1 Å². The Morgan fingerprint density at radius 1 is 1.00 bits per heavy atom. The van der Waals surface area contributed by atoms with Gasteiger partial charge in [0.25, 0.3) is 0 Å². The summed E-state index contributed by atoms with van der Waals surface area (Å²) in [4.78, 5) is 8.87. The Morgan fingerprint density at radius 3 is 2.36 bits per heavy atom. The van der Waals surface area contributed by atoms with E-state index < -0.39 is 0 Å². The number of hydrogen-bond acceptors (Lipinski definition) is 3. The fourth-order valence-corrected chi connectivity index (χ4v) is 2.58. The Morgan fingerprint density at radius 2 is 1.73 bits per heavy atom. The second-order valence-electron chi connectivity index (χ2n) is 5.29. The van der Waals surface area contributed by atoms with Crippen LogP contribution in [0.15, 0.2) is 36.7 Å². The molecule has 0 bridgehead atoms. The van der Waals surface area contributed by atoms with E-state index in [0.29, 0.717) is 0 Å². The number of nitrogens with zero attached hydrogens (tertiary/aromatic N) is 2. The summed E-state index contributed by atoms with van der Waals surface area (Å²) in [5.74, 6) is 1.67. The lowest BCUT2D eigenvalue weighted by atomic mass is 10.2. The summed E-state index contributed by atoms with van der Waals surface area (Å²) in [7, 11) is 0. The summed E-state index contributed by atoms with van der Waals surface area (Å²) < 4.78 is 5.74. The molecule has 0 unspecified atom stereocenters. The molecule has 0 saturated heterocycles. The van der Waals surface area contributed by atoms with E-state index in [-0.39, 0.29) is 0 Å². The van der Waals surface area contributed by atoms with E-state index in [1.807, 2.05) is 36.7 Å². The van der Waals surface area contributed by atoms with Crippen LogP contribution in [0.25, 0.3) is 11.4 Å². The van der Waals surface area contributed by atoms with Crippen molar-refractivity contribution in [2.45, 2.75) is 39.0 Å². The number of aryl methyl sites for hydroxylation is 1. The Hall–Kier alpha value is -1.42. The van der Waals surface area contributed by atoms with Gasteiger partial charge in [0.1, 0.15) is 5.75 Å². The molecule has 1 heterocycles. The molecule has 118 valence electrons. The number of hydrogen-bond donors (Lipinski definition) is 0. The first-order chi connectivity index (χ1) is 10.8. The van der Waals surface area contributed by atoms with Crippen LogP contribution in [0.3, 0.4) is 0 Å². The standard InChI is InChI=1S/C18H23BrN2O/c1-2-6-15-13-20-18(21-14-15)16-7-9-17(10-8-16)22-12-5-3-4-11-19/h7-10,13-14H,2-6,11-12H2,1H3. The van der Waals surface area contributed by atoms with Crippen molar-refractivity contribution >= 4 is 15.9 Å². The minimum atomic E-state index is 0.767. The number of unbranched alkanes of at least 4 members (excludes halogenated alkanes) is 2. The molecule has 4 heteroatoms. The normalized spacial score (nSPS) is 10.6.